The van der Waals surface area contributed by atoms with E-state index in [-0.39, 0.29) is 52.7 Å². The molecule has 11 heteroatoms. The molecule has 0 aromatic heterocycles. The van der Waals surface area contributed by atoms with Gasteiger partial charge in [0.15, 0.2) is 0 Å². The van der Waals surface area contributed by atoms with Crippen LogP contribution in [0.3, 0.4) is 0 Å². The lowest BCUT2D eigenvalue weighted by Gasteiger charge is -2.26. The van der Waals surface area contributed by atoms with E-state index >= 15 is 0 Å². The number of hydrogen-bond acceptors (Lipinski definition) is 5. The fraction of sp³-hybridized carbons (Fsp3) is 0.300. The van der Waals surface area contributed by atoms with E-state index in [1.165, 1.54) is 28.3 Å². The van der Waals surface area contributed by atoms with Crippen molar-refractivity contribution in [3.05, 3.63) is 52.0 Å². The van der Waals surface area contributed by atoms with Crippen LogP contribution in [0.5, 0.6) is 0 Å². The van der Waals surface area contributed by atoms with Crippen molar-refractivity contribution >= 4 is 56.4 Å². The Morgan fingerprint density at radius 1 is 1.06 bits per heavy atom. The summed E-state index contributed by atoms with van der Waals surface area (Å²) in [5.41, 5.74) is 1.09. The van der Waals surface area contributed by atoms with Crippen molar-refractivity contribution in [2.24, 2.45) is 0 Å². The Balaban J connectivity index is 1.86. The molecule has 2 aromatic carbocycles. The van der Waals surface area contributed by atoms with Crippen LogP contribution >= 0.6 is 23.2 Å². The molecular formula is C20H21Cl2N3O5S. The van der Waals surface area contributed by atoms with Crippen LogP contribution in [0.2, 0.25) is 10.0 Å². The lowest BCUT2D eigenvalue weighted by molar-refractivity contribution is -0.116. The first-order chi connectivity index (χ1) is 14.6. The van der Waals surface area contributed by atoms with E-state index in [4.69, 9.17) is 27.9 Å². The summed E-state index contributed by atoms with van der Waals surface area (Å²) in [6.07, 6.45) is 0. The van der Waals surface area contributed by atoms with Crippen LogP contribution < -0.4 is 10.2 Å². The summed E-state index contributed by atoms with van der Waals surface area (Å²) in [6, 6.07) is 9.03. The maximum Gasteiger partial charge on any atom is 0.257 e. The highest BCUT2D eigenvalue weighted by molar-refractivity contribution is 7.89. The third-order valence-corrected chi connectivity index (χ3v) is 7.51. The average Bonchev–Trinajstić information content (AvgIpc) is 2.74. The molecule has 31 heavy (non-hydrogen) atoms. The molecule has 1 aliphatic rings. The van der Waals surface area contributed by atoms with Crippen molar-refractivity contribution in [1.82, 2.24) is 4.31 Å². The molecule has 1 N–H and O–H groups in total. The van der Waals surface area contributed by atoms with Crippen LogP contribution in [0.15, 0.2) is 41.3 Å². The Bertz CT molecular complexity index is 1100. The number of nitrogens with zero attached hydrogens (tertiary/aromatic N) is 2. The van der Waals surface area contributed by atoms with Crippen molar-refractivity contribution in [3.63, 3.8) is 0 Å². The number of amides is 2. The minimum absolute atomic E-state index is 0.0244. The second-order valence-corrected chi connectivity index (χ2v) is 9.58. The van der Waals surface area contributed by atoms with Crippen LogP contribution in [-0.4, -0.2) is 57.9 Å². The number of benzene rings is 2. The molecular weight excluding hydrogens is 465 g/mol. The molecule has 8 nitrogen and oxygen atoms in total. The van der Waals surface area contributed by atoms with Crippen LogP contribution in [0.4, 0.5) is 11.4 Å². The first kappa shape index (κ1) is 23.5. The normalized spacial score (nSPS) is 14.8. The van der Waals surface area contributed by atoms with Gasteiger partial charge < -0.3 is 15.0 Å². The first-order valence-corrected chi connectivity index (χ1v) is 11.5. The lowest BCUT2D eigenvalue weighted by atomic mass is 10.2. The van der Waals surface area contributed by atoms with Gasteiger partial charge in [-0.25, -0.2) is 8.42 Å². The second-order valence-electron chi connectivity index (χ2n) is 6.86. The molecule has 1 heterocycles. The molecule has 0 bridgehead atoms. The predicted molar refractivity (Wildman–Crippen MR) is 120 cm³/mol. The Morgan fingerprint density at radius 2 is 1.68 bits per heavy atom. The second kappa shape index (κ2) is 9.54. The molecule has 2 amide bonds. The van der Waals surface area contributed by atoms with E-state index in [9.17, 15) is 18.0 Å². The predicted octanol–water partition coefficient (Wildman–Crippen LogP) is 3.25. The largest absolute Gasteiger partial charge is 0.379 e. The topological polar surface area (TPSA) is 96.0 Å². The number of rotatable bonds is 5. The summed E-state index contributed by atoms with van der Waals surface area (Å²) in [4.78, 5) is 25.5. The van der Waals surface area contributed by atoms with Crippen molar-refractivity contribution in [2.75, 3.05) is 43.6 Å². The fourth-order valence-electron chi connectivity index (χ4n) is 2.98. The maximum absolute atomic E-state index is 13.0. The zero-order valence-corrected chi connectivity index (χ0v) is 19.2. The molecule has 3 rings (SSSR count). The molecule has 2 aromatic rings. The zero-order valence-electron chi connectivity index (χ0n) is 16.9. The number of carbonyl (C=O) groups excluding carboxylic acids is 2. The smallest absolute Gasteiger partial charge is 0.257 e. The number of sulfonamides is 1. The van der Waals surface area contributed by atoms with Crippen molar-refractivity contribution in [2.45, 2.75) is 11.8 Å². The molecule has 0 atom stereocenters. The van der Waals surface area contributed by atoms with Gasteiger partial charge >= 0.3 is 0 Å². The van der Waals surface area contributed by atoms with Gasteiger partial charge in [0, 0.05) is 38.4 Å². The minimum atomic E-state index is -3.92. The molecule has 0 spiro atoms. The summed E-state index contributed by atoms with van der Waals surface area (Å²) >= 11 is 12.3. The fourth-order valence-corrected chi connectivity index (χ4v) is 5.22. The molecule has 0 aliphatic carbocycles. The van der Waals surface area contributed by atoms with Gasteiger partial charge in [0.05, 0.1) is 28.8 Å². The van der Waals surface area contributed by atoms with Gasteiger partial charge in [-0.1, -0.05) is 23.2 Å². The van der Waals surface area contributed by atoms with E-state index in [0.717, 1.165) is 0 Å². The Kier molecular flexibility index (Phi) is 7.23. The van der Waals surface area contributed by atoms with Gasteiger partial charge in [-0.3, -0.25) is 9.59 Å². The SMILES string of the molecule is CC(=O)N(C)c1ccc(NC(=O)c2cc(S(=O)(=O)N3CCOCC3)c(Cl)cc2Cl)cc1. The third kappa shape index (κ3) is 5.19. The highest BCUT2D eigenvalue weighted by Crippen LogP contribution is 2.31. The van der Waals surface area contributed by atoms with Gasteiger partial charge in [0.25, 0.3) is 5.91 Å². The van der Waals surface area contributed by atoms with Crippen molar-refractivity contribution in [1.29, 1.82) is 0 Å². The lowest BCUT2D eigenvalue weighted by Crippen LogP contribution is -2.40. The van der Waals surface area contributed by atoms with Crippen molar-refractivity contribution in [3.8, 4) is 0 Å². The number of anilines is 2. The van der Waals surface area contributed by atoms with Gasteiger partial charge in [-0.2, -0.15) is 4.31 Å². The highest BCUT2D eigenvalue weighted by Gasteiger charge is 2.30. The molecule has 0 radical (unpaired) electrons. The quantitative estimate of drug-likeness (QED) is 0.700. The van der Waals surface area contributed by atoms with Gasteiger partial charge in [0.2, 0.25) is 15.9 Å². The third-order valence-electron chi connectivity index (χ3n) is 4.84. The molecule has 0 unspecified atom stereocenters. The number of halogens is 2. The van der Waals surface area contributed by atoms with Crippen LogP contribution in [0.1, 0.15) is 17.3 Å². The number of nitrogens with one attached hydrogen (secondary N) is 1. The van der Waals surface area contributed by atoms with Gasteiger partial charge in [0.1, 0.15) is 4.90 Å². The number of carbonyl (C=O) groups is 2. The maximum atomic E-state index is 13.0. The van der Waals surface area contributed by atoms with E-state index in [2.05, 4.69) is 5.32 Å². The summed E-state index contributed by atoms with van der Waals surface area (Å²) in [5, 5.41) is 2.63. The average molecular weight is 486 g/mol. The molecule has 0 saturated carbocycles. The van der Waals surface area contributed by atoms with Crippen LogP contribution in [-0.2, 0) is 19.6 Å². The summed E-state index contributed by atoms with van der Waals surface area (Å²) in [6.45, 7) is 2.41. The van der Waals surface area contributed by atoms with Gasteiger partial charge in [-0.05, 0) is 36.4 Å². The van der Waals surface area contributed by atoms with Crippen molar-refractivity contribution < 1.29 is 22.7 Å². The number of morpholine rings is 1. The Morgan fingerprint density at radius 3 is 2.26 bits per heavy atom. The molecule has 166 valence electrons. The standard InChI is InChI=1S/C20H21Cl2N3O5S/c1-13(26)24(2)15-5-3-14(4-6-15)23-20(27)16-11-19(18(22)12-17(16)21)31(28,29)25-7-9-30-10-8-25/h3-6,11-12H,7-10H2,1-2H3,(H,23,27). The molecule has 1 fully saturated rings. The summed E-state index contributed by atoms with van der Waals surface area (Å²) in [7, 11) is -2.28. The Hall–Kier alpha value is -2.17. The highest BCUT2D eigenvalue weighted by atomic mass is 35.5. The van der Waals surface area contributed by atoms with Gasteiger partial charge in [-0.15, -0.1) is 0 Å². The molecule has 1 aliphatic heterocycles. The first-order valence-electron chi connectivity index (χ1n) is 9.34. The number of hydrogen-bond donors (Lipinski definition) is 1. The van der Waals surface area contributed by atoms with Crippen LogP contribution in [0, 0.1) is 0 Å². The Labute approximate surface area is 190 Å². The summed E-state index contributed by atoms with van der Waals surface area (Å²) < 4.78 is 32.4. The monoisotopic (exact) mass is 485 g/mol. The molecule has 1 saturated heterocycles. The minimum Gasteiger partial charge on any atom is -0.379 e. The van der Waals surface area contributed by atoms with E-state index in [1.54, 1.807) is 31.3 Å². The van der Waals surface area contributed by atoms with Crippen LogP contribution in [0.25, 0.3) is 0 Å². The van der Waals surface area contributed by atoms with E-state index in [1.807, 2.05) is 0 Å². The van der Waals surface area contributed by atoms with E-state index < -0.39 is 15.9 Å². The van der Waals surface area contributed by atoms with E-state index in [0.29, 0.717) is 11.4 Å². The zero-order chi connectivity index (χ0) is 22.8. The summed E-state index contributed by atoms with van der Waals surface area (Å²) in [5.74, 6) is -0.716. The number of ether oxygens (including phenoxy) is 1.